The van der Waals surface area contributed by atoms with Crippen molar-refractivity contribution in [1.29, 1.82) is 0 Å². The summed E-state index contributed by atoms with van der Waals surface area (Å²) in [4.78, 5) is 17.6. The van der Waals surface area contributed by atoms with Crippen molar-refractivity contribution in [3.8, 4) is 11.5 Å². The molecule has 0 aliphatic carbocycles. The highest BCUT2D eigenvalue weighted by Gasteiger charge is 2.26. The average Bonchev–Trinajstić information content (AvgIpc) is 3.07. The molecule has 28 heavy (non-hydrogen) atoms. The van der Waals surface area contributed by atoms with E-state index >= 15 is 0 Å². The molecule has 4 rings (SSSR count). The summed E-state index contributed by atoms with van der Waals surface area (Å²) in [6, 6.07) is 16.3. The smallest absolute Gasteiger partial charge is 0.231 e. The van der Waals surface area contributed by atoms with Gasteiger partial charge in [0.2, 0.25) is 12.7 Å². The Morgan fingerprint density at radius 3 is 2.64 bits per heavy atom. The number of carbonyl (C=O) groups excluding carboxylic acids is 1. The van der Waals surface area contributed by atoms with Crippen LogP contribution < -0.4 is 9.47 Å². The SMILES string of the molecule is CCC(C(=O)N1CCCN(Cc2ccc3c(c2)OCO3)CC1)c1ccccc1. The molecule has 2 aliphatic heterocycles. The van der Waals surface area contributed by atoms with E-state index in [0.717, 1.165) is 62.6 Å². The molecule has 1 atom stereocenters. The lowest BCUT2D eigenvalue weighted by Crippen LogP contribution is -2.38. The minimum atomic E-state index is -0.0402. The van der Waals surface area contributed by atoms with Crippen molar-refractivity contribution in [3.63, 3.8) is 0 Å². The summed E-state index contributed by atoms with van der Waals surface area (Å²) in [5.41, 5.74) is 2.34. The molecule has 0 spiro atoms. The van der Waals surface area contributed by atoms with Crippen molar-refractivity contribution in [2.75, 3.05) is 33.0 Å². The normalized spacial score (nSPS) is 18.0. The predicted octanol–water partition coefficient (Wildman–Crippen LogP) is 3.64. The number of hydrogen-bond acceptors (Lipinski definition) is 4. The van der Waals surface area contributed by atoms with E-state index in [2.05, 4.69) is 41.0 Å². The molecule has 1 saturated heterocycles. The first-order valence-corrected chi connectivity index (χ1v) is 10.2. The van der Waals surface area contributed by atoms with Crippen LogP contribution in [0.15, 0.2) is 48.5 Å². The monoisotopic (exact) mass is 380 g/mol. The molecule has 5 nitrogen and oxygen atoms in total. The summed E-state index contributed by atoms with van der Waals surface area (Å²) in [7, 11) is 0. The van der Waals surface area contributed by atoms with Crippen LogP contribution in [-0.2, 0) is 11.3 Å². The molecule has 0 radical (unpaired) electrons. The third kappa shape index (κ3) is 4.14. The molecule has 2 aromatic carbocycles. The highest BCUT2D eigenvalue weighted by molar-refractivity contribution is 5.83. The van der Waals surface area contributed by atoms with Crippen molar-refractivity contribution < 1.29 is 14.3 Å². The molecule has 2 aliphatic rings. The second-order valence-corrected chi connectivity index (χ2v) is 7.51. The fraction of sp³-hybridized carbons (Fsp3) is 0.435. The highest BCUT2D eigenvalue weighted by Crippen LogP contribution is 2.33. The first-order chi connectivity index (χ1) is 13.7. The topological polar surface area (TPSA) is 42.0 Å². The standard InChI is InChI=1S/C23H28N2O3/c1-2-20(19-7-4-3-5-8-19)23(26)25-12-6-11-24(13-14-25)16-18-9-10-21-22(15-18)28-17-27-21/h3-5,7-10,15,20H,2,6,11-14,16-17H2,1H3. The Balaban J connectivity index is 1.37. The minimum absolute atomic E-state index is 0.0402. The van der Waals surface area contributed by atoms with Crippen LogP contribution in [0.4, 0.5) is 0 Å². The van der Waals surface area contributed by atoms with Gasteiger partial charge in [-0.1, -0.05) is 43.3 Å². The van der Waals surface area contributed by atoms with Crippen LogP contribution in [-0.4, -0.2) is 48.7 Å². The van der Waals surface area contributed by atoms with Crippen LogP contribution in [0.3, 0.4) is 0 Å². The van der Waals surface area contributed by atoms with Crippen LogP contribution in [0.25, 0.3) is 0 Å². The van der Waals surface area contributed by atoms with Crippen molar-refractivity contribution in [2.24, 2.45) is 0 Å². The van der Waals surface area contributed by atoms with Crippen LogP contribution in [0.5, 0.6) is 11.5 Å². The van der Waals surface area contributed by atoms with Gasteiger partial charge >= 0.3 is 0 Å². The number of benzene rings is 2. The summed E-state index contributed by atoms with van der Waals surface area (Å²) in [5.74, 6) is 1.88. The molecule has 5 heteroatoms. The summed E-state index contributed by atoms with van der Waals surface area (Å²) < 4.78 is 10.9. The van der Waals surface area contributed by atoms with Crippen molar-refractivity contribution in [1.82, 2.24) is 9.80 Å². The largest absolute Gasteiger partial charge is 0.454 e. The van der Waals surface area contributed by atoms with Gasteiger partial charge in [0.1, 0.15) is 0 Å². The van der Waals surface area contributed by atoms with Crippen LogP contribution in [0, 0.1) is 0 Å². The fourth-order valence-corrected chi connectivity index (χ4v) is 4.11. The maximum absolute atomic E-state index is 13.2. The molecule has 0 saturated carbocycles. The highest BCUT2D eigenvalue weighted by atomic mass is 16.7. The molecule has 0 bridgehead atoms. The minimum Gasteiger partial charge on any atom is -0.454 e. The van der Waals surface area contributed by atoms with Crippen molar-refractivity contribution in [2.45, 2.75) is 32.2 Å². The van der Waals surface area contributed by atoms with Gasteiger partial charge in [-0.3, -0.25) is 9.69 Å². The molecule has 2 heterocycles. The second kappa shape index (κ2) is 8.65. The maximum Gasteiger partial charge on any atom is 0.231 e. The van der Waals surface area contributed by atoms with E-state index in [1.807, 2.05) is 24.3 Å². The van der Waals surface area contributed by atoms with E-state index in [-0.39, 0.29) is 11.8 Å². The molecular weight excluding hydrogens is 352 g/mol. The third-order valence-corrected chi connectivity index (χ3v) is 5.65. The zero-order chi connectivity index (χ0) is 19.3. The molecule has 1 fully saturated rings. The lowest BCUT2D eigenvalue weighted by molar-refractivity contribution is -0.132. The number of fused-ring (bicyclic) bond motifs is 1. The third-order valence-electron chi connectivity index (χ3n) is 5.65. The van der Waals surface area contributed by atoms with Crippen molar-refractivity contribution >= 4 is 5.91 Å². The first-order valence-electron chi connectivity index (χ1n) is 10.2. The average molecular weight is 380 g/mol. The van der Waals surface area contributed by atoms with Gasteiger partial charge in [0, 0.05) is 32.7 Å². The van der Waals surface area contributed by atoms with Gasteiger partial charge in [-0.15, -0.1) is 0 Å². The predicted molar refractivity (Wildman–Crippen MR) is 109 cm³/mol. The van der Waals surface area contributed by atoms with E-state index in [1.54, 1.807) is 0 Å². The van der Waals surface area contributed by atoms with Gasteiger partial charge in [0.25, 0.3) is 0 Å². The van der Waals surface area contributed by atoms with Gasteiger partial charge in [-0.2, -0.15) is 0 Å². The quantitative estimate of drug-likeness (QED) is 0.794. The molecule has 0 aromatic heterocycles. The van der Waals surface area contributed by atoms with E-state index in [1.165, 1.54) is 5.56 Å². The molecule has 1 unspecified atom stereocenters. The maximum atomic E-state index is 13.2. The number of amides is 1. The molecule has 0 N–H and O–H groups in total. The second-order valence-electron chi connectivity index (χ2n) is 7.51. The zero-order valence-electron chi connectivity index (χ0n) is 16.5. The van der Waals surface area contributed by atoms with Gasteiger partial charge in [0.15, 0.2) is 11.5 Å². The zero-order valence-corrected chi connectivity index (χ0v) is 16.5. The lowest BCUT2D eigenvalue weighted by Gasteiger charge is -2.26. The summed E-state index contributed by atoms with van der Waals surface area (Å²) in [6.07, 6.45) is 1.84. The number of nitrogens with zero attached hydrogens (tertiary/aromatic N) is 2. The Labute approximate surface area is 166 Å². The Hall–Kier alpha value is -2.53. The Morgan fingerprint density at radius 1 is 1.00 bits per heavy atom. The Morgan fingerprint density at radius 2 is 1.82 bits per heavy atom. The van der Waals surface area contributed by atoms with Crippen molar-refractivity contribution in [3.05, 3.63) is 59.7 Å². The molecular formula is C23H28N2O3. The van der Waals surface area contributed by atoms with Crippen LogP contribution in [0.1, 0.15) is 36.8 Å². The Bertz CT molecular complexity index is 809. The van der Waals surface area contributed by atoms with Crippen LogP contribution in [0.2, 0.25) is 0 Å². The van der Waals surface area contributed by atoms with E-state index in [0.29, 0.717) is 6.79 Å². The van der Waals surface area contributed by atoms with Gasteiger partial charge in [-0.25, -0.2) is 0 Å². The van der Waals surface area contributed by atoms with Gasteiger partial charge in [0.05, 0.1) is 5.92 Å². The summed E-state index contributed by atoms with van der Waals surface area (Å²) in [5, 5.41) is 0. The lowest BCUT2D eigenvalue weighted by atomic mass is 9.95. The molecule has 1 amide bonds. The van der Waals surface area contributed by atoms with E-state index in [4.69, 9.17) is 9.47 Å². The summed E-state index contributed by atoms with van der Waals surface area (Å²) in [6.45, 7) is 6.78. The van der Waals surface area contributed by atoms with Gasteiger partial charge in [-0.05, 0) is 36.1 Å². The van der Waals surface area contributed by atoms with E-state index < -0.39 is 0 Å². The van der Waals surface area contributed by atoms with Gasteiger partial charge < -0.3 is 14.4 Å². The van der Waals surface area contributed by atoms with Crippen LogP contribution >= 0.6 is 0 Å². The number of ether oxygens (including phenoxy) is 2. The number of carbonyl (C=O) groups is 1. The number of hydrogen-bond donors (Lipinski definition) is 0. The molecule has 148 valence electrons. The first kappa shape index (κ1) is 18.8. The van der Waals surface area contributed by atoms with E-state index in [9.17, 15) is 4.79 Å². The number of rotatable bonds is 5. The fourth-order valence-electron chi connectivity index (χ4n) is 4.11. The Kier molecular flexibility index (Phi) is 5.81. The summed E-state index contributed by atoms with van der Waals surface area (Å²) >= 11 is 0. The molecule has 2 aromatic rings.